The third-order valence-corrected chi connectivity index (χ3v) is 8.74. The largest absolute Gasteiger partial charge is 0.352 e. The van der Waals surface area contributed by atoms with E-state index in [0.717, 1.165) is 60.7 Å². The summed E-state index contributed by atoms with van der Waals surface area (Å²) in [6, 6.07) is 0. The van der Waals surface area contributed by atoms with Crippen LogP contribution >= 0.6 is 23.1 Å². The fourth-order valence-electron chi connectivity index (χ4n) is 4.37. The van der Waals surface area contributed by atoms with Gasteiger partial charge in [0.1, 0.15) is 5.00 Å². The quantitative estimate of drug-likeness (QED) is 0.703. The lowest BCUT2D eigenvalue weighted by Crippen LogP contribution is -2.43. The molecule has 162 valence electrons. The molecule has 1 aromatic rings. The van der Waals surface area contributed by atoms with Gasteiger partial charge in [0.15, 0.2) is 0 Å². The van der Waals surface area contributed by atoms with E-state index >= 15 is 0 Å². The number of carbonyl (C=O) groups excluding carboxylic acids is 3. The van der Waals surface area contributed by atoms with Gasteiger partial charge in [0.25, 0.3) is 5.91 Å². The highest BCUT2D eigenvalue weighted by atomic mass is 32.2. The summed E-state index contributed by atoms with van der Waals surface area (Å²) in [5, 5.41) is 6.81. The monoisotopic (exact) mass is 447 g/mol. The molecule has 0 radical (unpaired) electrons. The second-order valence-electron chi connectivity index (χ2n) is 9.00. The summed E-state index contributed by atoms with van der Waals surface area (Å²) < 4.78 is 0. The number of rotatable bonds is 6. The number of thiophene rings is 1. The molecule has 0 bridgehead atoms. The molecule has 2 saturated carbocycles. The molecule has 0 aromatic carbocycles. The zero-order valence-corrected chi connectivity index (χ0v) is 18.8. The van der Waals surface area contributed by atoms with E-state index in [0.29, 0.717) is 29.4 Å². The maximum atomic E-state index is 13.1. The van der Waals surface area contributed by atoms with Crippen LogP contribution in [0.4, 0.5) is 5.00 Å². The van der Waals surface area contributed by atoms with Crippen LogP contribution in [0.3, 0.4) is 0 Å². The van der Waals surface area contributed by atoms with E-state index in [1.807, 2.05) is 16.7 Å². The summed E-state index contributed by atoms with van der Waals surface area (Å²) in [6.07, 6.45) is 6.47. The van der Waals surface area contributed by atoms with Crippen LogP contribution in [0.15, 0.2) is 0 Å². The number of hydrogen-bond donors (Lipinski definition) is 2. The predicted molar refractivity (Wildman–Crippen MR) is 120 cm³/mol. The third kappa shape index (κ3) is 4.40. The number of nitrogens with one attached hydrogen (secondary N) is 2. The molecule has 8 heteroatoms. The average molecular weight is 448 g/mol. The summed E-state index contributed by atoms with van der Waals surface area (Å²) in [6.45, 7) is 2.36. The minimum Gasteiger partial charge on any atom is -0.352 e. The second kappa shape index (κ2) is 8.54. The van der Waals surface area contributed by atoms with Crippen molar-refractivity contribution >= 4 is 45.8 Å². The highest BCUT2D eigenvalue weighted by Gasteiger charge is 2.36. The lowest BCUT2D eigenvalue weighted by Gasteiger charge is -2.32. The topological polar surface area (TPSA) is 78.5 Å². The predicted octanol–water partition coefficient (Wildman–Crippen LogP) is 2.92. The Balaban J connectivity index is 1.37. The molecule has 1 atom stereocenters. The number of carbonyl (C=O) groups is 3. The van der Waals surface area contributed by atoms with E-state index in [1.165, 1.54) is 12.8 Å². The minimum atomic E-state index is -0.0898. The number of aryl methyl sites for hydroxylation is 1. The Hall–Kier alpha value is -1.54. The van der Waals surface area contributed by atoms with Crippen LogP contribution < -0.4 is 10.6 Å². The fourth-order valence-corrected chi connectivity index (χ4v) is 6.52. The van der Waals surface area contributed by atoms with Crippen LogP contribution in [-0.4, -0.2) is 53.8 Å². The summed E-state index contributed by atoms with van der Waals surface area (Å²) in [5.41, 5.74) is 1.62. The maximum absolute atomic E-state index is 13.1. The van der Waals surface area contributed by atoms with Crippen LogP contribution in [0.5, 0.6) is 0 Å². The molecule has 1 aromatic heterocycles. The standard InChI is InChI=1S/C22H29N3O3S2/c26-19(14-3-4-14)24-21-18(20(27)23-12-13-1-2-13)16-11-15(5-6-17(16)30-21)22(28)25-7-9-29-10-8-25/h13-15H,1-12H2,(H,23,27)(H,24,26). The van der Waals surface area contributed by atoms with Crippen molar-refractivity contribution in [3.8, 4) is 0 Å². The number of fused-ring (bicyclic) bond motifs is 1. The number of amides is 3. The van der Waals surface area contributed by atoms with Gasteiger partial charge in [-0.2, -0.15) is 11.8 Å². The Kier molecular flexibility index (Phi) is 5.79. The first-order valence-electron chi connectivity index (χ1n) is 11.2. The van der Waals surface area contributed by atoms with Gasteiger partial charge in [-0.25, -0.2) is 0 Å². The molecule has 30 heavy (non-hydrogen) atoms. The summed E-state index contributed by atoms with van der Waals surface area (Å²) in [4.78, 5) is 41.8. The highest BCUT2D eigenvalue weighted by Crippen LogP contribution is 2.41. The summed E-state index contributed by atoms with van der Waals surface area (Å²) in [5.74, 6) is 2.83. The van der Waals surface area contributed by atoms with Gasteiger partial charge in [0.2, 0.25) is 11.8 Å². The molecule has 4 aliphatic rings. The van der Waals surface area contributed by atoms with Gasteiger partial charge >= 0.3 is 0 Å². The molecule has 1 aliphatic heterocycles. The Morgan fingerprint density at radius 2 is 1.77 bits per heavy atom. The molecule has 3 amide bonds. The Morgan fingerprint density at radius 3 is 2.47 bits per heavy atom. The molecular weight excluding hydrogens is 418 g/mol. The fraction of sp³-hybridized carbons (Fsp3) is 0.682. The SMILES string of the molecule is O=C(NCC1CC1)c1c(NC(=O)C2CC2)sc2c1CC(C(=O)N1CCSCC1)CC2. The first kappa shape index (κ1) is 20.4. The van der Waals surface area contributed by atoms with Gasteiger partial charge in [-0.05, 0) is 56.4 Å². The molecule has 1 saturated heterocycles. The van der Waals surface area contributed by atoms with Crippen LogP contribution in [0.1, 0.15) is 52.9 Å². The lowest BCUT2D eigenvalue weighted by molar-refractivity contribution is -0.135. The molecule has 6 nitrogen and oxygen atoms in total. The normalized spacial score (nSPS) is 23.6. The Bertz CT molecular complexity index is 854. The first-order chi connectivity index (χ1) is 14.6. The van der Waals surface area contributed by atoms with Crippen LogP contribution in [0.25, 0.3) is 0 Å². The number of anilines is 1. The zero-order chi connectivity index (χ0) is 20.7. The minimum absolute atomic E-state index is 0.0308. The van der Waals surface area contributed by atoms with Crippen molar-refractivity contribution in [2.45, 2.75) is 44.9 Å². The average Bonchev–Trinajstić information content (AvgIpc) is 3.68. The molecule has 2 N–H and O–H groups in total. The van der Waals surface area contributed by atoms with Gasteiger partial charge in [-0.15, -0.1) is 11.3 Å². The van der Waals surface area contributed by atoms with E-state index in [9.17, 15) is 14.4 Å². The van der Waals surface area contributed by atoms with Crippen LogP contribution in [-0.2, 0) is 22.4 Å². The van der Waals surface area contributed by atoms with E-state index in [4.69, 9.17) is 0 Å². The van der Waals surface area contributed by atoms with E-state index in [1.54, 1.807) is 11.3 Å². The Morgan fingerprint density at radius 1 is 1.00 bits per heavy atom. The molecule has 0 spiro atoms. The maximum Gasteiger partial charge on any atom is 0.254 e. The van der Waals surface area contributed by atoms with Crippen molar-refractivity contribution < 1.29 is 14.4 Å². The Labute approximate surface area is 185 Å². The van der Waals surface area contributed by atoms with Gasteiger partial charge in [-0.3, -0.25) is 14.4 Å². The van der Waals surface area contributed by atoms with E-state index in [-0.39, 0.29) is 29.6 Å². The molecule has 3 aliphatic carbocycles. The first-order valence-corrected chi connectivity index (χ1v) is 13.2. The van der Waals surface area contributed by atoms with Crippen LogP contribution in [0, 0.1) is 17.8 Å². The smallest absolute Gasteiger partial charge is 0.254 e. The van der Waals surface area contributed by atoms with Crippen molar-refractivity contribution in [1.29, 1.82) is 0 Å². The van der Waals surface area contributed by atoms with E-state index in [2.05, 4.69) is 10.6 Å². The molecule has 1 unspecified atom stereocenters. The summed E-state index contributed by atoms with van der Waals surface area (Å²) in [7, 11) is 0. The third-order valence-electron chi connectivity index (χ3n) is 6.59. The molecule has 2 heterocycles. The van der Waals surface area contributed by atoms with Crippen molar-refractivity contribution in [2.75, 3.05) is 36.5 Å². The van der Waals surface area contributed by atoms with Crippen LogP contribution in [0.2, 0.25) is 0 Å². The molecular formula is C22H29N3O3S2. The van der Waals surface area contributed by atoms with Gasteiger partial charge in [0, 0.05) is 47.9 Å². The van der Waals surface area contributed by atoms with Crippen molar-refractivity contribution in [3.05, 3.63) is 16.0 Å². The number of nitrogens with zero attached hydrogens (tertiary/aromatic N) is 1. The van der Waals surface area contributed by atoms with E-state index < -0.39 is 0 Å². The highest BCUT2D eigenvalue weighted by molar-refractivity contribution is 7.99. The van der Waals surface area contributed by atoms with Gasteiger partial charge in [-0.1, -0.05) is 0 Å². The van der Waals surface area contributed by atoms with Crippen molar-refractivity contribution in [1.82, 2.24) is 10.2 Å². The number of hydrogen-bond acceptors (Lipinski definition) is 5. The second-order valence-corrected chi connectivity index (χ2v) is 11.3. The zero-order valence-electron chi connectivity index (χ0n) is 17.2. The molecule has 3 fully saturated rings. The number of thioether (sulfide) groups is 1. The van der Waals surface area contributed by atoms with Gasteiger partial charge < -0.3 is 15.5 Å². The molecule has 5 rings (SSSR count). The lowest BCUT2D eigenvalue weighted by atomic mass is 9.85. The summed E-state index contributed by atoms with van der Waals surface area (Å²) >= 11 is 3.44. The van der Waals surface area contributed by atoms with Crippen molar-refractivity contribution in [2.24, 2.45) is 17.8 Å². The van der Waals surface area contributed by atoms with Crippen molar-refractivity contribution in [3.63, 3.8) is 0 Å². The van der Waals surface area contributed by atoms with Gasteiger partial charge in [0.05, 0.1) is 5.56 Å².